The first-order valence-electron chi connectivity index (χ1n) is 6.74. The standard InChI is InChI=1S/C17H14N2O3/c1-19-15(11-5-7-12(8-6-11)17(21)22-2)14(10-20)13-4-3-9-18-16(13)19/h3-10H,1-2H3. The number of aldehydes is 1. The van der Waals surface area contributed by atoms with Crippen LogP contribution in [-0.2, 0) is 11.8 Å². The predicted molar refractivity (Wildman–Crippen MR) is 82.9 cm³/mol. The minimum atomic E-state index is -0.388. The molecule has 0 saturated carbocycles. The van der Waals surface area contributed by atoms with Crippen LogP contribution in [0.1, 0.15) is 20.7 Å². The van der Waals surface area contributed by atoms with Gasteiger partial charge in [0.1, 0.15) is 5.65 Å². The Morgan fingerprint density at radius 3 is 2.59 bits per heavy atom. The lowest BCUT2D eigenvalue weighted by molar-refractivity contribution is 0.0600. The fourth-order valence-corrected chi connectivity index (χ4v) is 2.64. The third kappa shape index (κ3) is 2.07. The van der Waals surface area contributed by atoms with Crippen molar-refractivity contribution in [1.29, 1.82) is 0 Å². The van der Waals surface area contributed by atoms with Gasteiger partial charge >= 0.3 is 5.97 Å². The number of aryl methyl sites for hydroxylation is 1. The largest absolute Gasteiger partial charge is 0.465 e. The molecule has 0 N–H and O–H groups in total. The van der Waals surface area contributed by atoms with Gasteiger partial charge in [-0.25, -0.2) is 9.78 Å². The molecule has 0 aliphatic heterocycles. The maximum absolute atomic E-state index is 11.5. The zero-order valence-electron chi connectivity index (χ0n) is 12.2. The van der Waals surface area contributed by atoms with E-state index in [1.165, 1.54) is 7.11 Å². The van der Waals surface area contributed by atoms with E-state index in [0.717, 1.165) is 28.6 Å². The van der Waals surface area contributed by atoms with Crippen LogP contribution in [0.15, 0.2) is 42.6 Å². The number of hydrogen-bond donors (Lipinski definition) is 0. The average molecular weight is 294 g/mol. The molecule has 0 spiro atoms. The van der Waals surface area contributed by atoms with Crippen LogP contribution in [0.25, 0.3) is 22.3 Å². The first kappa shape index (κ1) is 14.0. The van der Waals surface area contributed by atoms with Gasteiger partial charge in [-0.3, -0.25) is 4.79 Å². The Morgan fingerprint density at radius 1 is 1.23 bits per heavy atom. The van der Waals surface area contributed by atoms with Crippen LogP contribution in [0.3, 0.4) is 0 Å². The molecule has 0 fully saturated rings. The van der Waals surface area contributed by atoms with Crippen molar-refractivity contribution in [1.82, 2.24) is 9.55 Å². The molecule has 0 atom stereocenters. The van der Waals surface area contributed by atoms with E-state index >= 15 is 0 Å². The summed E-state index contributed by atoms with van der Waals surface area (Å²) >= 11 is 0. The fraction of sp³-hybridized carbons (Fsp3) is 0.118. The molecule has 5 heteroatoms. The number of fused-ring (bicyclic) bond motifs is 1. The minimum Gasteiger partial charge on any atom is -0.465 e. The van der Waals surface area contributed by atoms with E-state index in [1.54, 1.807) is 36.5 Å². The number of ether oxygens (including phenoxy) is 1. The molecule has 0 amide bonds. The van der Waals surface area contributed by atoms with E-state index in [4.69, 9.17) is 0 Å². The number of carbonyl (C=O) groups excluding carboxylic acids is 2. The lowest BCUT2D eigenvalue weighted by atomic mass is 10.0. The van der Waals surface area contributed by atoms with Gasteiger partial charge in [0, 0.05) is 24.2 Å². The maximum atomic E-state index is 11.5. The molecule has 5 nitrogen and oxygen atoms in total. The van der Waals surface area contributed by atoms with Crippen molar-refractivity contribution in [3.63, 3.8) is 0 Å². The van der Waals surface area contributed by atoms with Crippen LogP contribution in [0.4, 0.5) is 0 Å². The SMILES string of the molecule is COC(=O)c1ccc(-c2c(C=O)c3cccnc3n2C)cc1. The first-order chi connectivity index (χ1) is 10.7. The van der Waals surface area contributed by atoms with Crippen LogP contribution in [0.2, 0.25) is 0 Å². The van der Waals surface area contributed by atoms with Crippen molar-refractivity contribution in [2.75, 3.05) is 7.11 Å². The topological polar surface area (TPSA) is 61.2 Å². The van der Waals surface area contributed by atoms with E-state index in [2.05, 4.69) is 9.72 Å². The highest BCUT2D eigenvalue weighted by molar-refractivity contribution is 6.03. The van der Waals surface area contributed by atoms with Crippen molar-refractivity contribution < 1.29 is 14.3 Å². The van der Waals surface area contributed by atoms with Gasteiger partial charge in [0.2, 0.25) is 0 Å². The molecule has 0 radical (unpaired) electrons. The molecule has 0 unspecified atom stereocenters. The third-order valence-corrected chi connectivity index (χ3v) is 3.68. The summed E-state index contributed by atoms with van der Waals surface area (Å²) in [5.74, 6) is -0.388. The Kier molecular flexibility index (Phi) is 3.47. The second kappa shape index (κ2) is 5.44. The summed E-state index contributed by atoms with van der Waals surface area (Å²) in [5, 5.41) is 0.812. The zero-order valence-corrected chi connectivity index (χ0v) is 12.2. The van der Waals surface area contributed by atoms with Gasteiger partial charge in [-0.05, 0) is 29.8 Å². The Morgan fingerprint density at radius 2 is 1.95 bits per heavy atom. The fourth-order valence-electron chi connectivity index (χ4n) is 2.64. The summed E-state index contributed by atoms with van der Waals surface area (Å²) in [4.78, 5) is 27.4. The number of hydrogen-bond acceptors (Lipinski definition) is 4. The van der Waals surface area contributed by atoms with E-state index in [-0.39, 0.29) is 5.97 Å². The highest BCUT2D eigenvalue weighted by atomic mass is 16.5. The number of aromatic nitrogens is 2. The van der Waals surface area contributed by atoms with Crippen molar-refractivity contribution in [3.05, 3.63) is 53.7 Å². The van der Waals surface area contributed by atoms with Gasteiger partial charge in [0.25, 0.3) is 0 Å². The molecule has 110 valence electrons. The molecular weight excluding hydrogens is 280 g/mol. The molecule has 0 saturated heterocycles. The van der Waals surface area contributed by atoms with Crippen LogP contribution in [0, 0.1) is 0 Å². The molecule has 0 aliphatic carbocycles. The van der Waals surface area contributed by atoms with E-state index in [0.29, 0.717) is 11.1 Å². The second-order valence-electron chi connectivity index (χ2n) is 4.88. The van der Waals surface area contributed by atoms with Gasteiger partial charge in [0.15, 0.2) is 6.29 Å². The summed E-state index contributed by atoms with van der Waals surface area (Å²) in [7, 11) is 3.21. The van der Waals surface area contributed by atoms with Crippen molar-refractivity contribution >= 4 is 23.3 Å². The molecule has 2 heterocycles. The average Bonchev–Trinajstić information content (AvgIpc) is 2.87. The third-order valence-electron chi connectivity index (χ3n) is 3.68. The summed E-state index contributed by atoms with van der Waals surface area (Å²) in [5.41, 5.74) is 3.43. The number of benzene rings is 1. The van der Waals surface area contributed by atoms with Gasteiger partial charge < -0.3 is 9.30 Å². The van der Waals surface area contributed by atoms with Gasteiger partial charge in [0.05, 0.1) is 18.4 Å². The summed E-state index contributed by atoms with van der Waals surface area (Å²) in [6.07, 6.45) is 2.54. The van der Waals surface area contributed by atoms with Crippen molar-refractivity contribution in [2.24, 2.45) is 7.05 Å². The molecule has 0 aliphatic rings. The Bertz CT molecular complexity index is 863. The van der Waals surface area contributed by atoms with E-state index in [9.17, 15) is 9.59 Å². The Balaban J connectivity index is 2.19. The summed E-state index contributed by atoms with van der Waals surface area (Å²) in [6, 6.07) is 10.6. The number of rotatable bonds is 3. The number of nitrogens with zero attached hydrogens (tertiary/aromatic N) is 2. The predicted octanol–water partition coefficient (Wildman–Crippen LogP) is 2.84. The van der Waals surface area contributed by atoms with Gasteiger partial charge in [-0.15, -0.1) is 0 Å². The summed E-state index contributed by atoms with van der Waals surface area (Å²) in [6.45, 7) is 0. The highest BCUT2D eigenvalue weighted by Crippen LogP contribution is 2.31. The Hall–Kier alpha value is -2.95. The quantitative estimate of drug-likeness (QED) is 0.550. The normalized spacial score (nSPS) is 10.6. The maximum Gasteiger partial charge on any atom is 0.337 e. The van der Waals surface area contributed by atoms with Crippen LogP contribution < -0.4 is 0 Å². The molecule has 1 aromatic carbocycles. The second-order valence-corrected chi connectivity index (χ2v) is 4.88. The highest BCUT2D eigenvalue weighted by Gasteiger charge is 2.17. The zero-order chi connectivity index (χ0) is 15.7. The smallest absolute Gasteiger partial charge is 0.337 e. The van der Waals surface area contributed by atoms with Crippen LogP contribution >= 0.6 is 0 Å². The van der Waals surface area contributed by atoms with Gasteiger partial charge in [-0.2, -0.15) is 0 Å². The van der Waals surface area contributed by atoms with Crippen LogP contribution in [0.5, 0.6) is 0 Å². The lowest BCUT2D eigenvalue weighted by Gasteiger charge is -2.06. The molecule has 0 bridgehead atoms. The lowest BCUT2D eigenvalue weighted by Crippen LogP contribution is -2.01. The van der Waals surface area contributed by atoms with E-state index in [1.807, 2.05) is 17.7 Å². The first-order valence-corrected chi connectivity index (χ1v) is 6.74. The molecule has 3 rings (SSSR count). The monoisotopic (exact) mass is 294 g/mol. The molecule has 2 aromatic heterocycles. The van der Waals surface area contributed by atoms with Crippen molar-refractivity contribution in [2.45, 2.75) is 0 Å². The molecule has 22 heavy (non-hydrogen) atoms. The van der Waals surface area contributed by atoms with Gasteiger partial charge in [-0.1, -0.05) is 12.1 Å². The molecule has 3 aromatic rings. The minimum absolute atomic E-state index is 0.388. The number of pyridine rings is 1. The van der Waals surface area contributed by atoms with Crippen molar-refractivity contribution in [3.8, 4) is 11.3 Å². The summed E-state index contributed by atoms with van der Waals surface area (Å²) < 4.78 is 6.57. The van der Waals surface area contributed by atoms with E-state index < -0.39 is 0 Å². The number of methoxy groups -OCH3 is 1. The number of carbonyl (C=O) groups is 2. The molecular formula is C17H14N2O3. The van der Waals surface area contributed by atoms with Crippen LogP contribution in [-0.4, -0.2) is 28.9 Å². The Labute approximate surface area is 127 Å². The number of esters is 1.